The SMILES string of the molecule is CC(C)N1CCC(c2cc3ccc(CC(C)N4CCC(c5cc6n(n5)CCO6)CC4)cn3n2)CC1. The van der Waals surface area contributed by atoms with Crippen LogP contribution in [0.2, 0.25) is 0 Å². The smallest absolute Gasteiger partial charge is 0.212 e. The highest BCUT2D eigenvalue weighted by atomic mass is 16.5. The van der Waals surface area contributed by atoms with Crippen molar-refractivity contribution < 1.29 is 4.74 Å². The van der Waals surface area contributed by atoms with Crippen molar-refractivity contribution in [1.29, 1.82) is 0 Å². The van der Waals surface area contributed by atoms with E-state index in [1.54, 1.807) is 0 Å². The second kappa shape index (κ2) is 9.58. The maximum absolute atomic E-state index is 5.66. The number of aromatic nitrogens is 4. The first-order valence-electron chi connectivity index (χ1n) is 13.7. The van der Waals surface area contributed by atoms with Crippen molar-refractivity contribution in [3.63, 3.8) is 0 Å². The van der Waals surface area contributed by atoms with Crippen LogP contribution in [0.3, 0.4) is 0 Å². The average molecular weight is 477 g/mol. The molecule has 0 amide bonds. The van der Waals surface area contributed by atoms with Gasteiger partial charge in [-0.2, -0.15) is 10.2 Å². The van der Waals surface area contributed by atoms with Crippen LogP contribution < -0.4 is 4.74 Å². The molecule has 0 spiro atoms. The molecule has 3 aliphatic heterocycles. The van der Waals surface area contributed by atoms with Gasteiger partial charge in [-0.3, -0.25) is 0 Å². The fourth-order valence-corrected chi connectivity index (χ4v) is 6.32. The highest BCUT2D eigenvalue weighted by molar-refractivity contribution is 5.49. The molecule has 7 nitrogen and oxygen atoms in total. The summed E-state index contributed by atoms with van der Waals surface area (Å²) in [4.78, 5) is 5.24. The van der Waals surface area contributed by atoms with Crippen molar-refractivity contribution in [3.8, 4) is 5.88 Å². The third-order valence-corrected chi connectivity index (χ3v) is 8.64. The highest BCUT2D eigenvalue weighted by Gasteiger charge is 2.28. The van der Waals surface area contributed by atoms with Gasteiger partial charge in [0.25, 0.3) is 0 Å². The number of fused-ring (bicyclic) bond motifs is 2. The Morgan fingerprint density at radius 1 is 0.857 bits per heavy atom. The molecule has 35 heavy (non-hydrogen) atoms. The predicted octanol–water partition coefficient (Wildman–Crippen LogP) is 4.32. The van der Waals surface area contributed by atoms with Crippen molar-refractivity contribution in [3.05, 3.63) is 47.4 Å². The third kappa shape index (κ3) is 4.73. The molecule has 0 bridgehead atoms. The molecule has 0 aliphatic carbocycles. The molecule has 2 fully saturated rings. The lowest BCUT2D eigenvalue weighted by molar-refractivity contribution is 0.159. The Morgan fingerprint density at radius 2 is 1.54 bits per heavy atom. The van der Waals surface area contributed by atoms with E-state index >= 15 is 0 Å². The minimum Gasteiger partial charge on any atom is -0.476 e. The van der Waals surface area contributed by atoms with E-state index < -0.39 is 0 Å². The van der Waals surface area contributed by atoms with Crippen LogP contribution in [0.1, 0.15) is 75.2 Å². The lowest BCUT2D eigenvalue weighted by Gasteiger charge is -2.35. The first-order valence-corrected chi connectivity index (χ1v) is 13.7. The first-order chi connectivity index (χ1) is 17.0. The number of hydrogen-bond acceptors (Lipinski definition) is 5. The Kier molecular flexibility index (Phi) is 6.31. The van der Waals surface area contributed by atoms with Crippen LogP contribution in [-0.4, -0.2) is 74.1 Å². The molecule has 6 heterocycles. The van der Waals surface area contributed by atoms with E-state index in [2.05, 4.69) is 65.5 Å². The standard InChI is InChI=1S/C28H40N6O/c1-20(2)31-10-6-23(7-11-31)26-17-25-5-4-22(19-34(25)30-26)16-21(3)32-12-8-24(9-13-32)27-18-28-33(29-27)14-15-35-28/h4-5,17-21,23-24H,6-16H2,1-3H3. The molecular formula is C28H40N6O. The average Bonchev–Trinajstić information content (AvgIpc) is 3.59. The molecule has 1 unspecified atom stereocenters. The molecule has 1 atom stereocenters. The summed E-state index contributed by atoms with van der Waals surface area (Å²) < 4.78 is 9.80. The van der Waals surface area contributed by atoms with Crippen LogP contribution in [0.4, 0.5) is 0 Å². The molecule has 0 aromatic carbocycles. The van der Waals surface area contributed by atoms with Crippen molar-refractivity contribution in [2.75, 3.05) is 32.8 Å². The number of hydrogen-bond donors (Lipinski definition) is 0. The zero-order valence-electron chi connectivity index (χ0n) is 21.6. The summed E-state index contributed by atoms with van der Waals surface area (Å²) in [6.07, 6.45) is 8.12. The van der Waals surface area contributed by atoms with Crippen molar-refractivity contribution >= 4 is 5.52 Å². The molecular weight excluding hydrogens is 436 g/mol. The minimum absolute atomic E-state index is 0.527. The van der Waals surface area contributed by atoms with Crippen LogP contribution in [0.25, 0.3) is 5.52 Å². The van der Waals surface area contributed by atoms with Gasteiger partial charge in [-0.15, -0.1) is 0 Å². The number of ether oxygens (including phenoxy) is 1. The number of rotatable bonds is 6. The largest absolute Gasteiger partial charge is 0.476 e. The summed E-state index contributed by atoms with van der Waals surface area (Å²) in [5.74, 6) is 2.11. The lowest BCUT2D eigenvalue weighted by Crippen LogP contribution is -2.40. The van der Waals surface area contributed by atoms with E-state index in [-0.39, 0.29) is 0 Å². The number of pyridine rings is 1. The molecule has 3 aromatic heterocycles. The molecule has 0 N–H and O–H groups in total. The van der Waals surface area contributed by atoms with Gasteiger partial charge in [0, 0.05) is 36.2 Å². The van der Waals surface area contributed by atoms with E-state index in [1.807, 2.05) is 4.68 Å². The summed E-state index contributed by atoms with van der Waals surface area (Å²) in [6, 6.07) is 10.2. The zero-order chi connectivity index (χ0) is 23.9. The lowest BCUT2D eigenvalue weighted by atomic mass is 9.92. The van der Waals surface area contributed by atoms with Crippen molar-refractivity contribution in [1.82, 2.24) is 29.2 Å². The molecule has 3 aliphatic rings. The third-order valence-electron chi connectivity index (χ3n) is 8.64. The van der Waals surface area contributed by atoms with E-state index in [9.17, 15) is 0 Å². The summed E-state index contributed by atoms with van der Waals surface area (Å²) in [5, 5.41) is 9.81. The molecule has 0 saturated carbocycles. The van der Waals surface area contributed by atoms with Gasteiger partial charge in [-0.05, 0) is 96.8 Å². The maximum atomic E-state index is 5.66. The van der Waals surface area contributed by atoms with E-state index in [0.717, 1.165) is 38.5 Å². The zero-order valence-corrected chi connectivity index (χ0v) is 21.6. The first kappa shape index (κ1) is 23.0. The number of nitrogens with zero attached hydrogens (tertiary/aromatic N) is 6. The Hall–Kier alpha value is -2.38. The monoisotopic (exact) mass is 476 g/mol. The normalized spacial score (nSPS) is 21.6. The molecule has 6 rings (SSSR count). The van der Waals surface area contributed by atoms with E-state index in [4.69, 9.17) is 14.9 Å². The van der Waals surface area contributed by atoms with Gasteiger partial charge in [0.1, 0.15) is 6.61 Å². The number of likely N-dealkylation sites (tertiary alicyclic amines) is 2. The molecule has 3 aromatic rings. The molecule has 2 saturated heterocycles. The van der Waals surface area contributed by atoms with Gasteiger partial charge in [0.05, 0.1) is 23.4 Å². The van der Waals surface area contributed by atoms with Gasteiger partial charge in [0.15, 0.2) is 0 Å². The van der Waals surface area contributed by atoms with E-state index in [1.165, 1.54) is 61.2 Å². The highest BCUT2D eigenvalue weighted by Crippen LogP contribution is 2.32. The Bertz CT molecular complexity index is 1130. The maximum Gasteiger partial charge on any atom is 0.212 e. The second-order valence-electron chi connectivity index (χ2n) is 11.2. The van der Waals surface area contributed by atoms with Gasteiger partial charge in [-0.1, -0.05) is 6.07 Å². The second-order valence-corrected chi connectivity index (χ2v) is 11.2. The summed E-state index contributed by atoms with van der Waals surface area (Å²) in [7, 11) is 0. The Morgan fingerprint density at radius 3 is 2.23 bits per heavy atom. The Labute approximate surface area is 209 Å². The van der Waals surface area contributed by atoms with Crippen molar-refractivity contribution in [2.45, 2.75) is 83.3 Å². The summed E-state index contributed by atoms with van der Waals surface area (Å²) in [6.45, 7) is 13.3. The fraction of sp³-hybridized carbons (Fsp3) is 0.643. The predicted molar refractivity (Wildman–Crippen MR) is 138 cm³/mol. The van der Waals surface area contributed by atoms with Gasteiger partial charge >= 0.3 is 0 Å². The quantitative estimate of drug-likeness (QED) is 0.530. The van der Waals surface area contributed by atoms with Crippen LogP contribution in [0, 0.1) is 0 Å². The fourth-order valence-electron chi connectivity index (χ4n) is 6.32. The molecule has 0 radical (unpaired) electrons. The van der Waals surface area contributed by atoms with Gasteiger partial charge < -0.3 is 14.5 Å². The summed E-state index contributed by atoms with van der Waals surface area (Å²) in [5.41, 5.74) is 5.09. The number of piperidine rings is 2. The van der Waals surface area contributed by atoms with Crippen LogP contribution in [0.15, 0.2) is 30.5 Å². The molecule has 188 valence electrons. The topological polar surface area (TPSA) is 50.8 Å². The van der Waals surface area contributed by atoms with Crippen LogP contribution in [-0.2, 0) is 13.0 Å². The van der Waals surface area contributed by atoms with Gasteiger partial charge in [0.2, 0.25) is 5.88 Å². The summed E-state index contributed by atoms with van der Waals surface area (Å²) >= 11 is 0. The van der Waals surface area contributed by atoms with Crippen LogP contribution in [0.5, 0.6) is 5.88 Å². The van der Waals surface area contributed by atoms with Crippen LogP contribution >= 0.6 is 0 Å². The minimum atomic E-state index is 0.527. The Balaban J connectivity index is 1.05. The van der Waals surface area contributed by atoms with Crippen molar-refractivity contribution in [2.24, 2.45) is 0 Å². The molecule has 7 heteroatoms. The van der Waals surface area contributed by atoms with Gasteiger partial charge in [-0.25, -0.2) is 9.20 Å². The van der Waals surface area contributed by atoms with E-state index in [0.29, 0.717) is 23.9 Å².